The van der Waals surface area contributed by atoms with Gasteiger partial charge in [-0.15, -0.1) is 0 Å². The van der Waals surface area contributed by atoms with Gasteiger partial charge in [0.05, 0.1) is 34.3 Å². The Morgan fingerprint density at radius 1 is 1.31 bits per heavy atom. The van der Waals surface area contributed by atoms with E-state index in [4.69, 9.17) is 0 Å². The number of aromatic hydroxyl groups is 2. The third-order valence-electron chi connectivity index (χ3n) is 4.33. The predicted octanol–water partition coefficient (Wildman–Crippen LogP) is 4.48. The van der Waals surface area contributed by atoms with Crippen LogP contribution in [0.25, 0.3) is 28.0 Å². The lowest BCUT2D eigenvalue weighted by Crippen LogP contribution is -2.02. The molecule has 3 N–H and O–H groups in total. The number of hydrogen-bond acceptors (Lipinski definition) is 5. The summed E-state index contributed by atoms with van der Waals surface area (Å²) >= 11 is 1.49. The van der Waals surface area contributed by atoms with E-state index in [0.29, 0.717) is 24.2 Å². The summed E-state index contributed by atoms with van der Waals surface area (Å²) in [6.45, 7) is 1.90. The van der Waals surface area contributed by atoms with Gasteiger partial charge < -0.3 is 15.2 Å². The van der Waals surface area contributed by atoms with Gasteiger partial charge in [-0.2, -0.15) is 11.3 Å². The van der Waals surface area contributed by atoms with Gasteiger partial charge in [0.1, 0.15) is 0 Å². The monoisotopic (exact) mass is 367 g/mol. The molecule has 3 aromatic heterocycles. The summed E-state index contributed by atoms with van der Waals surface area (Å²) in [4.78, 5) is 19.9. The number of imidazole rings is 1. The minimum Gasteiger partial charge on any atom is -0.503 e. The molecule has 6 nitrogen and oxygen atoms in total. The van der Waals surface area contributed by atoms with Crippen LogP contribution < -0.4 is 0 Å². The van der Waals surface area contributed by atoms with Crippen LogP contribution in [0.5, 0.6) is 11.6 Å². The molecular weight excluding hydrogens is 350 g/mol. The third kappa shape index (κ3) is 2.48. The van der Waals surface area contributed by atoms with Gasteiger partial charge in [0.2, 0.25) is 5.88 Å². The largest absolute Gasteiger partial charge is 0.503 e. The maximum absolute atomic E-state index is 12.7. The smallest absolute Gasteiger partial charge is 0.240 e. The fourth-order valence-corrected chi connectivity index (χ4v) is 3.79. The Bertz CT molecular complexity index is 1090. The summed E-state index contributed by atoms with van der Waals surface area (Å²) in [6.07, 6.45) is 2.55. The first-order valence-electron chi connectivity index (χ1n) is 8.27. The molecule has 0 spiro atoms. The van der Waals surface area contributed by atoms with Crippen molar-refractivity contribution in [2.45, 2.75) is 19.8 Å². The highest BCUT2D eigenvalue weighted by Gasteiger charge is 2.28. The van der Waals surface area contributed by atoms with E-state index in [-0.39, 0.29) is 23.0 Å². The van der Waals surface area contributed by atoms with Crippen LogP contribution in [0.1, 0.15) is 30.1 Å². The van der Waals surface area contributed by atoms with Crippen molar-refractivity contribution in [3.8, 4) is 28.6 Å². The predicted molar refractivity (Wildman–Crippen MR) is 101 cm³/mol. The molecule has 0 saturated heterocycles. The summed E-state index contributed by atoms with van der Waals surface area (Å²) in [5.41, 5.74) is 3.66. The average molecular weight is 367 g/mol. The molecule has 3 heterocycles. The average Bonchev–Trinajstić information content (AvgIpc) is 3.35. The molecule has 0 bridgehead atoms. The number of hydrogen-bond donors (Lipinski definition) is 3. The van der Waals surface area contributed by atoms with Crippen LogP contribution in [-0.4, -0.2) is 30.5 Å². The Morgan fingerprint density at radius 3 is 2.88 bits per heavy atom. The van der Waals surface area contributed by atoms with Crippen molar-refractivity contribution in [2.75, 3.05) is 0 Å². The van der Waals surface area contributed by atoms with Gasteiger partial charge >= 0.3 is 0 Å². The molecule has 0 aliphatic rings. The molecule has 26 heavy (non-hydrogen) atoms. The van der Waals surface area contributed by atoms with E-state index in [0.717, 1.165) is 16.6 Å². The molecule has 0 unspecified atom stereocenters. The van der Waals surface area contributed by atoms with Crippen molar-refractivity contribution < 1.29 is 15.0 Å². The highest BCUT2D eigenvalue weighted by atomic mass is 32.1. The fourth-order valence-electron chi connectivity index (χ4n) is 3.15. The normalized spacial score (nSPS) is 11.3. The molecule has 0 atom stereocenters. The lowest BCUT2D eigenvalue weighted by atomic mass is 10.0. The molecule has 1 aromatic carbocycles. The minimum absolute atomic E-state index is 0.160. The number of aromatic nitrogens is 3. The Morgan fingerprint density at radius 2 is 2.15 bits per heavy atom. The number of H-pyrrole nitrogens is 1. The zero-order valence-electron chi connectivity index (χ0n) is 14.1. The lowest BCUT2D eigenvalue weighted by Gasteiger charge is -2.11. The summed E-state index contributed by atoms with van der Waals surface area (Å²) in [7, 11) is 0. The van der Waals surface area contributed by atoms with Crippen LogP contribution in [0.4, 0.5) is 0 Å². The second-order valence-electron chi connectivity index (χ2n) is 6.02. The Balaban J connectivity index is 2.02. The van der Waals surface area contributed by atoms with E-state index in [9.17, 15) is 15.0 Å². The number of benzene rings is 1. The molecule has 7 heteroatoms. The van der Waals surface area contributed by atoms with Crippen LogP contribution in [-0.2, 0) is 0 Å². The second-order valence-corrected chi connectivity index (χ2v) is 6.80. The van der Waals surface area contributed by atoms with Gasteiger partial charge in [0.15, 0.2) is 11.5 Å². The van der Waals surface area contributed by atoms with Crippen molar-refractivity contribution in [1.82, 2.24) is 14.5 Å². The summed E-state index contributed by atoms with van der Waals surface area (Å²) < 4.78 is 1.51. The Hall–Kier alpha value is -3.06. The van der Waals surface area contributed by atoms with Gasteiger partial charge in [-0.3, -0.25) is 9.36 Å². The van der Waals surface area contributed by atoms with Crippen LogP contribution in [0.3, 0.4) is 0 Å². The number of aromatic amines is 1. The van der Waals surface area contributed by atoms with Crippen LogP contribution in [0.15, 0.2) is 41.4 Å². The van der Waals surface area contributed by atoms with E-state index in [2.05, 4.69) is 9.97 Å². The maximum atomic E-state index is 12.7. The Labute approximate surface area is 153 Å². The van der Waals surface area contributed by atoms with Crippen molar-refractivity contribution in [3.05, 3.63) is 46.9 Å². The summed E-state index contributed by atoms with van der Waals surface area (Å²) in [5, 5.41) is 24.9. The number of rotatable bonds is 5. The SMILES string of the molecule is CCCC(=O)c1c(O)c(O)n(-c2ccc3nc[nH]c3c2)c1-c1ccsc1. The second kappa shape index (κ2) is 6.34. The van der Waals surface area contributed by atoms with Gasteiger partial charge in [0.25, 0.3) is 0 Å². The molecule has 4 aromatic rings. The molecule has 0 fully saturated rings. The summed E-state index contributed by atoms with van der Waals surface area (Å²) in [5.74, 6) is -0.915. The van der Waals surface area contributed by atoms with E-state index >= 15 is 0 Å². The number of carbonyl (C=O) groups excluding carboxylic acids is 1. The standard InChI is InChI=1S/C19H17N3O3S/c1-2-3-15(23)16-17(11-6-7-26-9-11)22(19(25)18(16)24)12-4-5-13-14(8-12)21-10-20-13/h4-10,24-25H,2-3H2,1H3,(H,20,21). The fraction of sp³-hybridized carbons (Fsp3) is 0.158. The minimum atomic E-state index is -0.380. The van der Waals surface area contributed by atoms with E-state index in [1.54, 1.807) is 12.4 Å². The molecule has 0 aliphatic carbocycles. The van der Waals surface area contributed by atoms with Crippen molar-refractivity contribution >= 4 is 28.2 Å². The maximum Gasteiger partial charge on any atom is 0.240 e. The van der Waals surface area contributed by atoms with Crippen LogP contribution >= 0.6 is 11.3 Å². The van der Waals surface area contributed by atoms with E-state index in [1.807, 2.05) is 35.9 Å². The van der Waals surface area contributed by atoms with Crippen molar-refractivity contribution in [2.24, 2.45) is 0 Å². The highest BCUT2D eigenvalue weighted by molar-refractivity contribution is 7.08. The molecule has 0 radical (unpaired) electrons. The highest BCUT2D eigenvalue weighted by Crippen LogP contribution is 2.44. The first-order chi connectivity index (χ1) is 12.6. The zero-order valence-corrected chi connectivity index (χ0v) is 14.9. The van der Waals surface area contributed by atoms with Gasteiger partial charge in [0, 0.05) is 17.4 Å². The zero-order chi connectivity index (χ0) is 18.3. The topological polar surface area (TPSA) is 91.1 Å². The number of nitrogens with zero attached hydrogens (tertiary/aromatic N) is 2. The first kappa shape index (κ1) is 16.4. The quantitative estimate of drug-likeness (QED) is 0.454. The van der Waals surface area contributed by atoms with Crippen LogP contribution in [0.2, 0.25) is 0 Å². The number of thiophene rings is 1. The van der Waals surface area contributed by atoms with E-state index in [1.165, 1.54) is 15.9 Å². The van der Waals surface area contributed by atoms with Gasteiger partial charge in [-0.25, -0.2) is 4.98 Å². The van der Waals surface area contributed by atoms with Crippen LogP contribution in [0, 0.1) is 0 Å². The number of ketones is 1. The molecule has 132 valence electrons. The number of carbonyl (C=O) groups is 1. The van der Waals surface area contributed by atoms with E-state index < -0.39 is 0 Å². The number of Topliss-reactive ketones (excluding diaryl/α,β-unsaturated/α-hetero) is 1. The number of nitrogens with one attached hydrogen (secondary N) is 1. The molecule has 0 amide bonds. The lowest BCUT2D eigenvalue weighted by molar-refractivity contribution is 0.0980. The summed E-state index contributed by atoms with van der Waals surface area (Å²) in [6, 6.07) is 7.31. The van der Waals surface area contributed by atoms with Gasteiger partial charge in [-0.1, -0.05) is 6.92 Å². The number of fused-ring (bicyclic) bond motifs is 1. The Kier molecular flexibility index (Phi) is 4.00. The molecule has 4 rings (SSSR count). The van der Waals surface area contributed by atoms with Gasteiger partial charge in [-0.05, 0) is 36.1 Å². The molecular formula is C19H17N3O3S. The van der Waals surface area contributed by atoms with Crippen molar-refractivity contribution in [3.63, 3.8) is 0 Å². The third-order valence-corrected chi connectivity index (χ3v) is 5.02. The molecule has 0 saturated carbocycles. The molecule has 0 aliphatic heterocycles. The first-order valence-corrected chi connectivity index (χ1v) is 9.22. The van der Waals surface area contributed by atoms with Crippen molar-refractivity contribution in [1.29, 1.82) is 0 Å².